The van der Waals surface area contributed by atoms with Gasteiger partial charge in [0.15, 0.2) is 0 Å². The number of rotatable bonds is 4. The Balaban J connectivity index is 1.35. The van der Waals surface area contributed by atoms with E-state index in [2.05, 4.69) is 16.0 Å². The van der Waals surface area contributed by atoms with Crippen LogP contribution in [0, 0.1) is 5.82 Å². The van der Waals surface area contributed by atoms with Crippen LogP contribution in [-0.2, 0) is 0 Å². The minimum atomic E-state index is -0.641. The van der Waals surface area contributed by atoms with Gasteiger partial charge in [-0.1, -0.05) is 6.42 Å². The highest BCUT2D eigenvalue weighted by atomic mass is 19.1. The zero-order chi connectivity index (χ0) is 19.1. The molecule has 5 rings (SSSR count). The van der Waals surface area contributed by atoms with Gasteiger partial charge >= 0.3 is 0 Å². The van der Waals surface area contributed by atoms with Gasteiger partial charge in [-0.05, 0) is 56.4 Å². The topological polar surface area (TPSA) is 24.3 Å². The van der Waals surface area contributed by atoms with Crippen LogP contribution in [0.3, 0.4) is 0 Å². The first-order valence-electron chi connectivity index (χ1n) is 10.7. The first-order chi connectivity index (χ1) is 13.7. The van der Waals surface area contributed by atoms with Crippen LogP contribution in [-0.4, -0.2) is 53.1 Å². The molecule has 1 aliphatic carbocycles. The van der Waals surface area contributed by atoms with Crippen LogP contribution < -0.4 is 4.90 Å². The lowest BCUT2D eigenvalue weighted by Crippen LogP contribution is -2.44. The van der Waals surface area contributed by atoms with Crippen molar-refractivity contribution in [3.8, 4) is 5.69 Å². The van der Waals surface area contributed by atoms with E-state index in [0.29, 0.717) is 24.9 Å². The molecule has 1 aromatic carbocycles. The lowest BCUT2D eigenvalue weighted by Gasteiger charge is -2.38. The summed E-state index contributed by atoms with van der Waals surface area (Å²) in [5.41, 5.74) is 3.32. The fraction of sp³-hybridized carbons (Fsp3) is 0.591. The van der Waals surface area contributed by atoms with Gasteiger partial charge in [0.05, 0.1) is 23.3 Å². The first kappa shape index (κ1) is 18.1. The third-order valence-corrected chi connectivity index (χ3v) is 6.79. The molecule has 3 fully saturated rings. The van der Waals surface area contributed by atoms with E-state index in [4.69, 9.17) is 5.10 Å². The Morgan fingerprint density at radius 2 is 1.68 bits per heavy atom. The van der Waals surface area contributed by atoms with Crippen molar-refractivity contribution in [2.45, 2.75) is 56.7 Å². The molecular weight excluding hydrogens is 358 g/mol. The largest absolute Gasteiger partial charge is 0.369 e. The molecule has 2 aromatic rings. The molecule has 0 spiro atoms. The summed E-state index contributed by atoms with van der Waals surface area (Å²) in [6.07, 6.45) is 8.01. The molecule has 1 saturated carbocycles. The number of benzene rings is 1. The summed E-state index contributed by atoms with van der Waals surface area (Å²) >= 11 is 0. The molecule has 150 valence electrons. The number of hydrogen-bond donors (Lipinski definition) is 0. The molecule has 1 unspecified atom stereocenters. The Hall–Kier alpha value is -1.95. The van der Waals surface area contributed by atoms with Gasteiger partial charge in [0.2, 0.25) is 0 Å². The molecule has 2 aliphatic heterocycles. The summed E-state index contributed by atoms with van der Waals surface area (Å²) in [6.45, 7) is 3.50. The highest BCUT2D eigenvalue weighted by Crippen LogP contribution is 2.41. The van der Waals surface area contributed by atoms with Crippen molar-refractivity contribution in [2.24, 2.45) is 0 Å². The Kier molecular flexibility index (Phi) is 4.83. The second-order valence-corrected chi connectivity index (χ2v) is 8.55. The summed E-state index contributed by atoms with van der Waals surface area (Å²) < 4.78 is 28.8. The van der Waals surface area contributed by atoms with E-state index >= 15 is 0 Å². The molecule has 4 nitrogen and oxygen atoms in total. The highest BCUT2D eigenvalue weighted by Gasteiger charge is 2.33. The maximum Gasteiger partial charge on any atom is 0.123 e. The van der Waals surface area contributed by atoms with Crippen molar-refractivity contribution >= 4 is 5.69 Å². The van der Waals surface area contributed by atoms with Gasteiger partial charge in [-0.2, -0.15) is 5.10 Å². The zero-order valence-electron chi connectivity index (χ0n) is 16.2. The number of piperidine rings is 1. The molecule has 0 N–H and O–H groups in total. The Morgan fingerprint density at radius 3 is 2.29 bits per heavy atom. The number of aromatic nitrogens is 2. The molecule has 28 heavy (non-hydrogen) atoms. The summed E-state index contributed by atoms with van der Waals surface area (Å²) in [6, 6.07) is 7.04. The second kappa shape index (κ2) is 7.47. The number of anilines is 1. The van der Waals surface area contributed by atoms with Crippen LogP contribution in [0.4, 0.5) is 14.5 Å². The van der Waals surface area contributed by atoms with Gasteiger partial charge in [-0.25, -0.2) is 13.5 Å². The minimum Gasteiger partial charge on any atom is -0.369 e. The maximum absolute atomic E-state index is 13.6. The van der Waals surface area contributed by atoms with Crippen molar-refractivity contribution in [1.29, 1.82) is 0 Å². The summed E-state index contributed by atoms with van der Waals surface area (Å²) in [4.78, 5) is 4.80. The molecule has 0 radical (unpaired) electrons. The molecular formula is C22H28F2N4. The number of halogens is 2. The van der Waals surface area contributed by atoms with E-state index in [0.717, 1.165) is 38.2 Å². The van der Waals surface area contributed by atoms with Gasteiger partial charge in [-0.15, -0.1) is 0 Å². The van der Waals surface area contributed by atoms with Crippen molar-refractivity contribution in [2.75, 3.05) is 31.1 Å². The Labute approximate surface area is 165 Å². The van der Waals surface area contributed by atoms with Gasteiger partial charge in [-0.3, -0.25) is 4.90 Å². The van der Waals surface area contributed by atoms with Crippen molar-refractivity contribution in [3.05, 3.63) is 42.0 Å². The average Bonchev–Trinajstić information content (AvgIpc) is 3.28. The van der Waals surface area contributed by atoms with Gasteiger partial charge in [0.25, 0.3) is 0 Å². The monoisotopic (exact) mass is 386 g/mol. The number of hydrogen-bond acceptors (Lipinski definition) is 3. The zero-order valence-corrected chi connectivity index (χ0v) is 16.2. The third kappa shape index (κ3) is 3.43. The molecule has 6 heteroatoms. The fourth-order valence-electron chi connectivity index (χ4n) is 4.87. The van der Waals surface area contributed by atoms with Gasteiger partial charge in [0.1, 0.15) is 12.0 Å². The highest BCUT2D eigenvalue weighted by molar-refractivity contribution is 5.54. The summed E-state index contributed by atoms with van der Waals surface area (Å²) in [5, 5.41) is 4.91. The van der Waals surface area contributed by atoms with Crippen LogP contribution >= 0.6 is 0 Å². The van der Waals surface area contributed by atoms with Crippen LogP contribution in [0.5, 0.6) is 0 Å². The first-order valence-corrected chi connectivity index (χ1v) is 10.7. The van der Waals surface area contributed by atoms with E-state index in [1.165, 1.54) is 42.8 Å². The lowest BCUT2D eigenvalue weighted by molar-refractivity contribution is 0.192. The van der Waals surface area contributed by atoms with E-state index in [9.17, 15) is 8.78 Å². The predicted molar refractivity (Wildman–Crippen MR) is 106 cm³/mol. The normalized spacial score (nSPS) is 24.6. The average molecular weight is 386 g/mol. The summed E-state index contributed by atoms with van der Waals surface area (Å²) in [5.74, 6) is 0.315. The van der Waals surface area contributed by atoms with Crippen LogP contribution in [0.2, 0.25) is 0 Å². The Bertz CT molecular complexity index is 806. The van der Waals surface area contributed by atoms with E-state index in [-0.39, 0.29) is 5.82 Å². The van der Waals surface area contributed by atoms with Gasteiger partial charge < -0.3 is 4.90 Å². The number of alkyl halides is 1. The standard InChI is InChI=1S/C22H28F2N4/c23-17-4-6-20(7-5-17)28-15-21(22(25-28)16-2-1-3-16)26-12-9-19(10-13-26)27-11-8-18(24)14-27/h4-7,15-16,18-19H,1-3,8-14H2. The summed E-state index contributed by atoms with van der Waals surface area (Å²) in [7, 11) is 0. The van der Waals surface area contributed by atoms with E-state index < -0.39 is 6.17 Å². The van der Waals surface area contributed by atoms with Crippen LogP contribution in [0.25, 0.3) is 5.69 Å². The smallest absolute Gasteiger partial charge is 0.123 e. The van der Waals surface area contributed by atoms with Gasteiger partial charge in [0, 0.05) is 38.1 Å². The quantitative estimate of drug-likeness (QED) is 0.783. The molecule has 0 amide bonds. The van der Waals surface area contributed by atoms with Crippen molar-refractivity contribution in [1.82, 2.24) is 14.7 Å². The van der Waals surface area contributed by atoms with Crippen molar-refractivity contribution in [3.63, 3.8) is 0 Å². The molecule has 3 aliphatic rings. The van der Waals surface area contributed by atoms with E-state index in [1.807, 2.05) is 4.68 Å². The lowest BCUT2D eigenvalue weighted by atomic mass is 9.82. The maximum atomic E-state index is 13.6. The molecule has 2 saturated heterocycles. The van der Waals surface area contributed by atoms with Crippen molar-refractivity contribution < 1.29 is 8.78 Å². The minimum absolute atomic E-state index is 0.227. The number of likely N-dealkylation sites (tertiary alicyclic amines) is 1. The van der Waals surface area contributed by atoms with Crippen LogP contribution in [0.15, 0.2) is 30.5 Å². The Morgan fingerprint density at radius 1 is 0.929 bits per heavy atom. The molecule has 0 bridgehead atoms. The third-order valence-electron chi connectivity index (χ3n) is 6.79. The molecule has 3 heterocycles. The predicted octanol–water partition coefficient (Wildman–Crippen LogP) is 4.29. The fourth-order valence-corrected chi connectivity index (χ4v) is 4.87. The number of nitrogens with zero attached hydrogens (tertiary/aromatic N) is 4. The van der Waals surface area contributed by atoms with Crippen LogP contribution in [0.1, 0.15) is 50.1 Å². The molecule has 1 aromatic heterocycles. The van der Waals surface area contributed by atoms with E-state index in [1.54, 1.807) is 12.1 Å². The second-order valence-electron chi connectivity index (χ2n) is 8.55. The molecule has 1 atom stereocenters. The SMILES string of the molecule is Fc1ccc(-n2cc(N3CCC(N4CCC(F)C4)CC3)c(C3CCC3)n2)cc1.